The fourth-order valence-electron chi connectivity index (χ4n) is 5.40. The summed E-state index contributed by atoms with van der Waals surface area (Å²) in [6.07, 6.45) is 4.17. The van der Waals surface area contributed by atoms with Crippen molar-refractivity contribution in [3.05, 3.63) is 97.7 Å². The molecule has 5 nitrogen and oxygen atoms in total. The minimum absolute atomic E-state index is 0.103. The summed E-state index contributed by atoms with van der Waals surface area (Å²) in [7, 11) is -1.94. The van der Waals surface area contributed by atoms with Gasteiger partial charge in [-0.3, -0.25) is 14.7 Å². The Balaban J connectivity index is 1.57. The Hall–Kier alpha value is -1.74. The number of aromatic nitrogens is 1. The van der Waals surface area contributed by atoms with Crippen LogP contribution in [0.15, 0.2) is 65.3 Å². The van der Waals surface area contributed by atoms with E-state index in [-0.39, 0.29) is 29.7 Å². The summed E-state index contributed by atoms with van der Waals surface area (Å²) in [5, 5.41) is 1.29. The van der Waals surface area contributed by atoms with Crippen molar-refractivity contribution in [1.29, 1.82) is 0 Å². The topological polar surface area (TPSA) is 51.7 Å². The van der Waals surface area contributed by atoms with Crippen LogP contribution in [0.3, 0.4) is 0 Å². The van der Waals surface area contributed by atoms with E-state index in [1.165, 1.54) is 0 Å². The molecule has 1 aliphatic carbocycles. The molecule has 3 aromatic rings. The lowest BCUT2D eigenvalue weighted by Gasteiger charge is -2.41. The Morgan fingerprint density at radius 2 is 1.70 bits per heavy atom. The second-order valence-electron chi connectivity index (χ2n) is 12.3. The zero-order chi connectivity index (χ0) is 28.9. The van der Waals surface area contributed by atoms with Crippen molar-refractivity contribution < 1.29 is 14.0 Å². The van der Waals surface area contributed by atoms with Crippen LogP contribution in [0.25, 0.3) is 0 Å². The summed E-state index contributed by atoms with van der Waals surface area (Å²) in [6, 6.07) is 17.1. The van der Waals surface area contributed by atoms with E-state index in [1.54, 1.807) is 17.2 Å². The molecule has 0 spiro atoms. The molecule has 0 bridgehead atoms. The molecule has 9 heteroatoms. The molecular formula is C31H35BrCl2N2O3Si. The van der Waals surface area contributed by atoms with Gasteiger partial charge in [0.15, 0.2) is 14.0 Å². The van der Waals surface area contributed by atoms with Crippen LogP contribution in [0.1, 0.15) is 67.2 Å². The molecule has 0 saturated heterocycles. The third kappa shape index (κ3) is 5.66. The van der Waals surface area contributed by atoms with Gasteiger partial charge in [-0.15, -0.1) is 0 Å². The van der Waals surface area contributed by atoms with Gasteiger partial charge in [0.1, 0.15) is 0 Å². The molecule has 212 valence electrons. The number of fused-ring (bicyclic) bond motifs is 1. The Morgan fingerprint density at radius 3 is 2.35 bits per heavy atom. The van der Waals surface area contributed by atoms with Crippen molar-refractivity contribution in [1.82, 2.24) is 9.88 Å². The highest BCUT2D eigenvalue weighted by Gasteiger charge is 2.54. The number of ether oxygens (including phenoxy) is 1. The number of hydrogen-bond donors (Lipinski definition) is 0. The smallest absolute Gasteiger partial charge is 0.257 e. The summed E-state index contributed by atoms with van der Waals surface area (Å²) >= 11 is 16.0. The largest absolute Gasteiger partial charge is 0.414 e. The van der Waals surface area contributed by atoms with Crippen molar-refractivity contribution in [3.63, 3.8) is 0 Å². The zero-order valence-electron chi connectivity index (χ0n) is 23.5. The molecular weight excluding hydrogens is 627 g/mol. The Labute approximate surface area is 256 Å². The first kappa shape index (κ1) is 29.7. The minimum atomic E-state index is -1.94. The fraction of sp³-hybridized carbons (Fsp3) is 0.419. The van der Waals surface area contributed by atoms with Crippen LogP contribution in [-0.4, -0.2) is 36.3 Å². The lowest BCUT2D eigenvalue weighted by atomic mass is 9.93. The summed E-state index contributed by atoms with van der Waals surface area (Å²) < 4.78 is 14.8. The molecule has 5 rings (SSSR count). The van der Waals surface area contributed by atoms with Gasteiger partial charge in [0.25, 0.3) is 5.91 Å². The first-order chi connectivity index (χ1) is 18.8. The van der Waals surface area contributed by atoms with Crippen LogP contribution < -0.4 is 0 Å². The molecule has 1 unspecified atom stereocenters. The first-order valence-electron chi connectivity index (χ1n) is 13.6. The molecule has 2 aliphatic rings. The quantitative estimate of drug-likeness (QED) is 0.237. The van der Waals surface area contributed by atoms with Gasteiger partial charge < -0.3 is 9.16 Å². The van der Waals surface area contributed by atoms with Crippen LogP contribution in [0.2, 0.25) is 28.2 Å². The van der Waals surface area contributed by atoms with E-state index >= 15 is 0 Å². The number of halogens is 3. The molecule has 0 radical (unpaired) electrons. The van der Waals surface area contributed by atoms with Crippen molar-refractivity contribution in [2.45, 2.75) is 82.6 Å². The number of carbonyl (C=O) groups excluding carboxylic acids is 1. The normalized spacial score (nSPS) is 23.1. The van der Waals surface area contributed by atoms with E-state index in [4.69, 9.17) is 32.4 Å². The highest BCUT2D eigenvalue weighted by atomic mass is 79.9. The number of carbonyl (C=O) groups is 1. The second-order valence-corrected chi connectivity index (χ2v) is 18.8. The highest BCUT2D eigenvalue weighted by molar-refractivity contribution is 9.10. The molecule has 40 heavy (non-hydrogen) atoms. The molecule has 1 aliphatic heterocycles. The summed E-state index contributed by atoms with van der Waals surface area (Å²) in [6.45, 7) is 11.6. The maximum absolute atomic E-state index is 14.1. The van der Waals surface area contributed by atoms with Crippen LogP contribution >= 0.6 is 39.1 Å². The predicted molar refractivity (Wildman–Crippen MR) is 166 cm³/mol. The molecule has 1 fully saturated rings. The van der Waals surface area contributed by atoms with Crippen LogP contribution in [0, 0.1) is 0 Å². The Kier molecular flexibility index (Phi) is 8.29. The SMILES string of the molecule is CC(C)(C)[Si](C)(C)O[C@H]1CC[C@H](OC2(c3ccc(Cl)cc3)c3ccc(Br)cc3C(=O)N2Cc2ccc(Cl)cn2)C1. The highest BCUT2D eigenvalue weighted by Crippen LogP contribution is 2.49. The van der Waals surface area contributed by atoms with Gasteiger partial charge in [0, 0.05) is 38.5 Å². The first-order valence-corrected chi connectivity index (χ1v) is 18.1. The van der Waals surface area contributed by atoms with Crippen molar-refractivity contribution in [2.75, 3.05) is 0 Å². The van der Waals surface area contributed by atoms with E-state index < -0.39 is 14.0 Å². The molecule has 1 saturated carbocycles. The number of pyridine rings is 1. The van der Waals surface area contributed by atoms with Crippen LogP contribution in [0.4, 0.5) is 0 Å². The van der Waals surface area contributed by atoms with E-state index in [9.17, 15) is 4.79 Å². The van der Waals surface area contributed by atoms with Crippen molar-refractivity contribution in [3.8, 4) is 0 Å². The number of hydrogen-bond acceptors (Lipinski definition) is 4. The van der Waals surface area contributed by atoms with Crippen molar-refractivity contribution in [2.24, 2.45) is 0 Å². The predicted octanol–water partition coefficient (Wildman–Crippen LogP) is 8.97. The molecule has 2 heterocycles. The van der Waals surface area contributed by atoms with Gasteiger partial charge in [-0.25, -0.2) is 0 Å². The summed E-state index contributed by atoms with van der Waals surface area (Å²) in [4.78, 5) is 20.4. The fourth-order valence-corrected chi connectivity index (χ4v) is 7.40. The van der Waals surface area contributed by atoms with Gasteiger partial charge in [0.05, 0.1) is 23.4 Å². The Bertz CT molecular complexity index is 1400. The molecule has 0 N–H and O–H groups in total. The third-order valence-electron chi connectivity index (χ3n) is 8.49. The third-order valence-corrected chi connectivity index (χ3v) is 14.0. The second kappa shape index (κ2) is 11.2. The number of nitrogens with zero attached hydrogens (tertiary/aromatic N) is 2. The van der Waals surface area contributed by atoms with E-state index in [2.05, 4.69) is 54.8 Å². The average Bonchev–Trinajstić information content (AvgIpc) is 3.40. The monoisotopic (exact) mass is 660 g/mol. The van der Waals surface area contributed by atoms with Gasteiger partial charge >= 0.3 is 0 Å². The molecule has 1 aromatic heterocycles. The lowest BCUT2D eigenvalue weighted by Crippen LogP contribution is -2.48. The van der Waals surface area contributed by atoms with E-state index in [0.717, 1.165) is 40.6 Å². The number of benzene rings is 2. The van der Waals surface area contributed by atoms with Crippen molar-refractivity contribution >= 4 is 53.4 Å². The lowest BCUT2D eigenvalue weighted by molar-refractivity contribution is -0.147. The number of amides is 1. The maximum atomic E-state index is 14.1. The van der Waals surface area contributed by atoms with Crippen LogP contribution in [0.5, 0.6) is 0 Å². The van der Waals surface area contributed by atoms with Gasteiger partial charge in [-0.1, -0.05) is 78.1 Å². The van der Waals surface area contributed by atoms with E-state index in [0.29, 0.717) is 15.6 Å². The molecule has 2 aromatic carbocycles. The summed E-state index contributed by atoms with van der Waals surface area (Å²) in [5.74, 6) is -0.116. The van der Waals surface area contributed by atoms with Crippen LogP contribution in [-0.2, 0) is 21.4 Å². The summed E-state index contributed by atoms with van der Waals surface area (Å²) in [5.41, 5.74) is 1.82. The molecule has 3 atom stereocenters. The van der Waals surface area contributed by atoms with E-state index in [1.807, 2.05) is 48.5 Å². The standard InChI is InChI=1S/C31H35BrCl2N2O3Si/c1-30(2,3)40(4,5)39-26-14-13-25(17-26)38-31(20-6-9-22(33)10-7-20)28-15-8-21(32)16-27(28)29(37)36(31)19-24-12-11-23(34)18-35-24/h6-12,15-16,18,25-26H,13-14,17,19H2,1-5H3/t25-,26-,31?/m0/s1. The zero-order valence-corrected chi connectivity index (χ0v) is 27.6. The maximum Gasteiger partial charge on any atom is 0.257 e. The molecule has 1 amide bonds. The van der Waals surface area contributed by atoms with Gasteiger partial charge in [-0.2, -0.15) is 0 Å². The average molecular weight is 663 g/mol. The van der Waals surface area contributed by atoms with Gasteiger partial charge in [-0.05, 0) is 73.8 Å². The Morgan fingerprint density at radius 1 is 1.02 bits per heavy atom. The van der Waals surface area contributed by atoms with Gasteiger partial charge in [0.2, 0.25) is 0 Å². The number of rotatable bonds is 7. The minimum Gasteiger partial charge on any atom is -0.414 e.